The van der Waals surface area contributed by atoms with E-state index in [-0.39, 0.29) is 43.8 Å². The van der Waals surface area contributed by atoms with Crippen molar-refractivity contribution in [2.45, 2.75) is 31.2 Å². The third kappa shape index (κ3) is 3.19. The topological polar surface area (TPSA) is 74.0 Å². The number of alkyl halides is 1. The van der Waals surface area contributed by atoms with E-state index in [2.05, 4.69) is 10.1 Å². The lowest BCUT2D eigenvalue weighted by atomic mass is 9.96. The predicted octanol–water partition coefficient (Wildman–Crippen LogP) is 2.36. The third-order valence-corrected chi connectivity index (χ3v) is 5.71. The highest BCUT2D eigenvalue weighted by atomic mass is 19.1. The number of halogens is 2. The maximum atomic E-state index is 14.3. The van der Waals surface area contributed by atoms with Crippen LogP contribution in [0.2, 0.25) is 0 Å². The quantitative estimate of drug-likeness (QED) is 0.714. The molecule has 7 nitrogen and oxygen atoms in total. The molecule has 5 rings (SSSR count). The molecule has 0 spiro atoms. The molecule has 0 radical (unpaired) electrons. The zero-order valence-electron chi connectivity index (χ0n) is 16.4. The number of likely N-dealkylation sites (tertiary alicyclic amines) is 1. The number of aromatic nitrogens is 3. The number of anilines is 1. The van der Waals surface area contributed by atoms with Crippen molar-refractivity contribution in [3.05, 3.63) is 59.7 Å². The average Bonchev–Trinajstić information content (AvgIpc) is 3.28. The normalized spacial score (nSPS) is 23.1. The monoisotopic (exact) mass is 413 g/mol. The van der Waals surface area contributed by atoms with E-state index in [4.69, 9.17) is 0 Å². The van der Waals surface area contributed by atoms with Crippen LogP contribution >= 0.6 is 0 Å². The first-order valence-corrected chi connectivity index (χ1v) is 9.83. The lowest BCUT2D eigenvalue weighted by Gasteiger charge is -2.43. The van der Waals surface area contributed by atoms with Crippen LogP contribution in [0.5, 0.6) is 0 Å². The Morgan fingerprint density at radius 2 is 2.10 bits per heavy atom. The highest BCUT2D eigenvalue weighted by Gasteiger charge is 2.41. The summed E-state index contributed by atoms with van der Waals surface area (Å²) in [4.78, 5) is 20.7. The summed E-state index contributed by atoms with van der Waals surface area (Å²) < 4.78 is 29.5. The zero-order chi connectivity index (χ0) is 21.0. The maximum Gasteiger partial charge on any atom is 0.259 e. The molecule has 2 aliphatic rings. The summed E-state index contributed by atoms with van der Waals surface area (Å²) >= 11 is 0. The molecule has 2 aromatic heterocycles. The van der Waals surface area contributed by atoms with Crippen LogP contribution in [0.3, 0.4) is 0 Å². The summed E-state index contributed by atoms with van der Waals surface area (Å²) in [6, 6.07) is 7.53. The minimum absolute atomic E-state index is 0.136. The van der Waals surface area contributed by atoms with Crippen LogP contribution in [0.25, 0.3) is 5.65 Å². The number of aliphatic hydroxyl groups is 1. The minimum atomic E-state index is -1.06. The van der Waals surface area contributed by atoms with E-state index in [1.807, 2.05) is 0 Å². The number of amides is 1. The molecule has 0 saturated carbocycles. The van der Waals surface area contributed by atoms with Crippen molar-refractivity contribution in [3.8, 4) is 0 Å². The van der Waals surface area contributed by atoms with Gasteiger partial charge >= 0.3 is 0 Å². The predicted molar refractivity (Wildman–Crippen MR) is 106 cm³/mol. The highest BCUT2D eigenvalue weighted by molar-refractivity contribution is 6.00. The zero-order valence-corrected chi connectivity index (χ0v) is 16.4. The van der Waals surface area contributed by atoms with Gasteiger partial charge in [-0.15, -0.1) is 0 Å². The SMILES string of the molecule is CC1(O)CN(C(=O)c2cnn3ccc(N4CC(F)CC4c4cccc(F)c4)nc23)C1. The van der Waals surface area contributed by atoms with Crippen LogP contribution in [-0.2, 0) is 0 Å². The highest BCUT2D eigenvalue weighted by Crippen LogP contribution is 2.37. The molecule has 156 valence electrons. The van der Waals surface area contributed by atoms with Gasteiger partial charge in [0.05, 0.1) is 37.5 Å². The Morgan fingerprint density at radius 1 is 1.30 bits per heavy atom. The van der Waals surface area contributed by atoms with E-state index >= 15 is 0 Å². The number of benzene rings is 1. The van der Waals surface area contributed by atoms with Gasteiger partial charge in [0.25, 0.3) is 5.91 Å². The van der Waals surface area contributed by atoms with Crippen molar-refractivity contribution >= 4 is 17.4 Å². The standard InChI is InChI=1S/C21H21F2N5O2/c1-21(30)11-26(12-21)20(29)16-9-24-28-6-5-18(25-19(16)28)27-10-15(23)8-17(27)13-3-2-4-14(22)7-13/h2-7,9,15,17,30H,8,10-12H2,1H3. The Morgan fingerprint density at radius 3 is 2.83 bits per heavy atom. The summed E-state index contributed by atoms with van der Waals surface area (Å²) in [5.41, 5.74) is 0.501. The lowest BCUT2D eigenvalue weighted by molar-refractivity contribution is -0.0668. The second-order valence-corrected chi connectivity index (χ2v) is 8.33. The van der Waals surface area contributed by atoms with Crippen molar-refractivity contribution in [1.82, 2.24) is 19.5 Å². The van der Waals surface area contributed by atoms with Crippen molar-refractivity contribution in [2.24, 2.45) is 0 Å². The van der Waals surface area contributed by atoms with E-state index in [0.717, 1.165) is 0 Å². The molecule has 4 heterocycles. The molecule has 2 saturated heterocycles. The van der Waals surface area contributed by atoms with Crippen molar-refractivity contribution < 1.29 is 18.7 Å². The van der Waals surface area contributed by atoms with E-state index < -0.39 is 11.8 Å². The molecule has 1 amide bonds. The van der Waals surface area contributed by atoms with Crippen molar-refractivity contribution in [1.29, 1.82) is 0 Å². The van der Waals surface area contributed by atoms with Gasteiger partial charge in [0.15, 0.2) is 5.65 Å². The summed E-state index contributed by atoms with van der Waals surface area (Å²) in [6.07, 6.45) is 2.30. The van der Waals surface area contributed by atoms with Crippen LogP contribution in [0, 0.1) is 5.82 Å². The summed E-state index contributed by atoms with van der Waals surface area (Å²) in [5, 5.41) is 14.1. The third-order valence-electron chi connectivity index (χ3n) is 5.71. The molecule has 0 bridgehead atoms. The first-order valence-electron chi connectivity index (χ1n) is 9.83. The van der Waals surface area contributed by atoms with Gasteiger partial charge < -0.3 is 14.9 Å². The fourth-order valence-electron chi connectivity index (χ4n) is 4.33. The van der Waals surface area contributed by atoms with Gasteiger partial charge in [-0.3, -0.25) is 4.79 Å². The van der Waals surface area contributed by atoms with E-state index in [1.54, 1.807) is 36.2 Å². The number of β-amino-alcohol motifs (C(OH)–C–C–N with tert-alkyl or cyclic N) is 1. The van der Waals surface area contributed by atoms with Gasteiger partial charge in [-0.2, -0.15) is 5.10 Å². The van der Waals surface area contributed by atoms with Gasteiger partial charge in [-0.25, -0.2) is 18.3 Å². The smallest absolute Gasteiger partial charge is 0.259 e. The molecule has 3 aromatic rings. The van der Waals surface area contributed by atoms with Crippen molar-refractivity contribution in [2.75, 3.05) is 24.5 Å². The minimum Gasteiger partial charge on any atom is -0.386 e. The van der Waals surface area contributed by atoms with E-state index in [0.29, 0.717) is 22.6 Å². The maximum absolute atomic E-state index is 14.3. The second kappa shape index (κ2) is 6.73. The van der Waals surface area contributed by atoms with Crippen LogP contribution in [0.1, 0.15) is 35.3 Å². The molecule has 1 aromatic carbocycles. The molecule has 1 N–H and O–H groups in total. The Balaban J connectivity index is 1.49. The molecule has 2 unspecified atom stereocenters. The average molecular weight is 413 g/mol. The van der Waals surface area contributed by atoms with Gasteiger partial charge in [0, 0.05) is 12.6 Å². The number of carbonyl (C=O) groups is 1. The summed E-state index contributed by atoms with van der Waals surface area (Å²) in [7, 11) is 0. The number of carbonyl (C=O) groups excluding carboxylic acids is 1. The molecular formula is C21H21F2N5O2. The van der Waals surface area contributed by atoms with E-state index in [1.165, 1.54) is 27.7 Å². The van der Waals surface area contributed by atoms with Crippen LogP contribution in [0.4, 0.5) is 14.6 Å². The van der Waals surface area contributed by atoms with Gasteiger partial charge in [0.1, 0.15) is 23.4 Å². The molecule has 0 aliphatic carbocycles. The number of rotatable bonds is 3. The second-order valence-electron chi connectivity index (χ2n) is 8.33. The van der Waals surface area contributed by atoms with Crippen LogP contribution < -0.4 is 4.90 Å². The van der Waals surface area contributed by atoms with Crippen molar-refractivity contribution in [3.63, 3.8) is 0 Å². The Labute approximate surface area is 171 Å². The Bertz CT molecular complexity index is 1120. The fourth-order valence-corrected chi connectivity index (χ4v) is 4.33. The number of nitrogens with zero attached hydrogens (tertiary/aromatic N) is 5. The number of hydrogen-bond acceptors (Lipinski definition) is 5. The Hall–Kier alpha value is -3.07. The molecule has 2 aliphatic heterocycles. The molecular weight excluding hydrogens is 392 g/mol. The first-order chi connectivity index (χ1) is 14.3. The molecule has 2 fully saturated rings. The Kier molecular flexibility index (Phi) is 4.25. The number of hydrogen-bond donors (Lipinski definition) is 1. The van der Waals surface area contributed by atoms with Crippen LogP contribution in [-0.4, -0.2) is 61.9 Å². The van der Waals surface area contributed by atoms with Crippen LogP contribution in [0.15, 0.2) is 42.7 Å². The van der Waals surface area contributed by atoms with Gasteiger partial charge in [-0.1, -0.05) is 12.1 Å². The number of fused-ring (bicyclic) bond motifs is 1. The summed E-state index contributed by atoms with van der Waals surface area (Å²) in [5.74, 6) is -0.123. The molecule has 9 heteroatoms. The molecule has 2 atom stereocenters. The van der Waals surface area contributed by atoms with Gasteiger partial charge in [0.2, 0.25) is 0 Å². The van der Waals surface area contributed by atoms with Gasteiger partial charge in [-0.05, 0) is 30.7 Å². The molecule has 30 heavy (non-hydrogen) atoms. The fraction of sp³-hybridized carbons (Fsp3) is 0.381. The summed E-state index contributed by atoms with van der Waals surface area (Å²) in [6.45, 7) is 2.31. The largest absolute Gasteiger partial charge is 0.386 e. The van der Waals surface area contributed by atoms with E-state index in [9.17, 15) is 18.7 Å². The first kappa shape index (κ1) is 18.9. The lowest BCUT2D eigenvalue weighted by Crippen LogP contribution is -2.61.